The van der Waals surface area contributed by atoms with Gasteiger partial charge in [-0.3, -0.25) is 14.5 Å². The quantitative estimate of drug-likeness (QED) is 0.783. The maximum absolute atomic E-state index is 13.5. The lowest BCUT2D eigenvalue weighted by atomic mass is 9.95. The first kappa shape index (κ1) is 19.1. The molecular formula is C18H23F2N3O2S. The van der Waals surface area contributed by atoms with E-state index in [9.17, 15) is 18.4 Å². The second-order valence-electron chi connectivity index (χ2n) is 6.79. The lowest BCUT2D eigenvalue weighted by molar-refractivity contribution is -0.136. The standard InChI is InChI=1S/C18H23F2N3O2S/c19-13-1-2-16(15(20)9-13)22-18(25)17(24)21-10-12-3-6-23(7-4-12)14-5-8-26-11-14/h1-2,9,12,14H,3-8,10-11H2,(H,21,24)(H,22,25)/t14-/m0/s1. The highest BCUT2D eigenvalue weighted by Crippen LogP contribution is 2.26. The third-order valence-electron chi connectivity index (χ3n) is 5.01. The Balaban J connectivity index is 1.40. The molecule has 26 heavy (non-hydrogen) atoms. The zero-order chi connectivity index (χ0) is 18.5. The van der Waals surface area contributed by atoms with Gasteiger partial charge in [-0.25, -0.2) is 8.78 Å². The summed E-state index contributed by atoms with van der Waals surface area (Å²) in [5.74, 6) is -0.610. The van der Waals surface area contributed by atoms with Gasteiger partial charge >= 0.3 is 11.8 Å². The third kappa shape index (κ3) is 4.94. The number of nitrogens with one attached hydrogen (secondary N) is 2. The van der Waals surface area contributed by atoms with Crippen LogP contribution in [0.1, 0.15) is 19.3 Å². The normalized spacial score (nSPS) is 21.5. The zero-order valence-corrected chi connectivity index (χ0v) is 15.3. The van der Waals surface area contributed by atoms with Gasteiger partial charge in [-0.05, 0) is 56.2 Å². The molecule has 2 heterocycles. The van der Waals surface area contributed by atoms with Crippen LogP contribution >= 0.6 is 11.8 Å². The Morgan fingerprint density at radius 1 is 1.15 bits per heavy atom. The maximum atomic E-state index is 13.5. The van der Waals surface area contributed by atoms with E-state index >= 15 is 0 Å². The van der Waals surface area contributed by atoms with Crippen LogP contribution in [-0.2, 0) is 9.59 Å². The van der Waals surface area contributed by atoms with Gasteiger partial charge in [0.15, 0.2) is 0 Å². The van der Waals surface area contributed by atoms with Crippen molar-refractivity contribution in [1.29, 1.82) is 0 Å². The molecule has 3 rings (SSSR count). The van der Waals surface area contributed by atoms with Crippen LogP contribution in [0.4, 0.5) is 14.5 Å². The molecule has 2 saturated heterocycles. The average molecular weight is 383 g/mol. The molecule has 0 radical (unpaired) electrons. The Kier molecular flexibility index (Phi) is 6.48. The number of benzene rings is 1. The Hall–Kier alpha value is -1.67. The van der Waals surface area contributed by atoms with Crippen molar-refractivity contribution in [2.24, 2.45) is 5.92 Å². The Labute approximate surface area is 155 Å². The number of nitrogens with zero attached hydrogens (tertiary/aromatic N) is 1. The largest absolute Gasteiger partial charge is 0.348 e. The van der Waals surface area contributed by atoms with Crippen molar-refractivity contribution in [2.75, 3.05) is 36.5 Å². The minimum Gasteiger partial charge on any atom is -0.348 e. The summed E-state index contributed by atoms with van der Waals surface area (Å²) >= 11 is 2.01. The molecule has 0 unspecified atom stereocenters. The minimum atomic E-state index is -0.948. The number of halogens is 2. The fourth-order valence-electron chi connectivity index (χ4n) is 3.42. The fraction of sp³-hybridized carbons (Fsp3) is 0.556. The number of piperidine rings is 1. The highest BCUT2D eigenvalue weighted by Gasteiger charge is 2.28. The highest BCUT2D eigenvalue weighted by atomic mass is 32.2. The summed E-state index contributed by atoms with van der Waals surface area (Å²) in [4.78, 5) is 26.3. The number of thioether (sulfide) groups is 1. The molecule has 0 spiro atoms. The van der Waals surface area contributed by atoms with Gasteiger partial charge in [-0.1, -0.05) is 0 Å². The SMILES string of the molecule is O=C(NCC1CCN([C@H]2CCSC2)CC1)C(=O)Nc1ccc(F)cc1F. The van der Waals surface area contributed by atoms with E-state index in [0.717, 1.165) is 38.1 Å². The number of hydrogen-bond donors (Lipinski definition) is 2. The molecule has 0 aromatic heterocycles. The molecule has 142 valence electrons. The molecule has 5 nitrogen and oxygen atoms in total. The molecule has 1 atom stereocenters. The van der Waals surface area contributed by atoms with E-state index in [1.807, 2.05) is 11.8 Å². The van der Waals surface area contributed by atoms with Gasteiger partial charge in [-0.15, -0.1) is 0 Å². The predicted molar refractivity (Wildman–Crippen MR) is 98.0 cm³/mol. The number of hydrogen-bond acceptors (Lipinski definition) is 4. The second-order valence-corrected chi connectivity index (χ2v) is 7.93. The minimum absolute atomic E-state index is 0.214. The van der Waals surface area contributed by atoms with Gasteiger partial charge in [-0.2, -0.15) is 11.8 Å². The van der Waals surface area contributed by atoms with Gasteiger partial charge in [0, 0.05) is 24.4 Å². The van der Waals surface area contributed by atoms with E-state index in [-0.39, 0.29) is 5.69 Å². The van der Waals surface area contributed by atoms with Crippen molar-refractivity contribution >= 4 is 29.3 Å². The molecule has 8 heteroatoms. The molecule has 0 bridgehead atoms. The predicted octanol–water partition coefficient (Wildman–Crippen LogP) is 2.24. The topological polar surface area (TPSA) is 61.4 Å². The van der Waals surface area contributed by atoms with Crippen LogP contribution in [0.5, 0.6) is 0 Å². The van der Waals surface area contributed by atoms with Crippen LogP contribution in [0.2, 0.25) is 0 Å². The van der Waals surface area contributed by atoms with Gasteiger partial charge in [0.2, 0.25) is 0 Å². The molecular weight excluding hydrogens is 360 g/mol. The van der Waals surface area contributed by atoms with Gasteiger partial charge in [0.25, 0.3) is 0 Å². The first-order chi connectivity index (χ1) is 12.5. The molecule has 2 fully saturated rings. The summed E-state index contributed by atoms with van der Waals surface area (Å²) < 4.78 is 26.4. The summed E-state index contributed by atoms with van der Waals surface area (Å²) in [7, 11) is 0. The Bertz CT molecular complexity index is 660. The summed E-state index contributed by atoms with van der Waals surface area (Å²) in [6.45, 7) is 2.49. The smallest absolute Gasteiger partial charge is 0.313 e. The number of amides is 2. The number of rotatable bonds is 4. The maximum Gasteiger partial charge on any atom is 0.313 e. The van der Waals surface area contributed by atoms with Crippen LogP contribution in [0.15, 0.2) is 18.2 Å². The van der Waals surface area contributed by atoms with Gasteiger partial charge < -0.3 is 10.6 Å². The molecule has 0 saturated carbocycles. The van der Waals surface area contributed by atoms with Gasteiger partial charge in [0.05, 0.1) is 5.69 Å². The van der Waals surface area contributed by atoms with Crippen LogP contribution in [-0.4, -0.2) is 53.9 Å². The Morgan fingerprint density at radius 3 is 2.58 bits per heavy atom. The molecule has 1 aromatic rings. The van der Waals surface area contributed by atoms with Crippen LogP contribution in [0.25, 0.3) is 0 Å². The number of anilines is 1. The van der Waals surface area contributed by atoms with Crippen LogP contribution in [0, 0.1) is 17.6 Å². The molecule has 2 amide bonds. The van der Waals surface area contributed by atoms with E-state index in [2.05, 4.69) is 15.5 Å². The average Bonchev–Trinajstić information content (AvgIpc) is 3.17. The van der Waals surface area contributed by atoms with Gasteiger partial charge in [0.1, 0.15) is 11.6 Å². The monoisotopic (exact) mass is 383 g/mol. The van der Waals surface area contributed by atoms with E-state index in [1.54, 1.807) is 0 Å². The summed E-state index contributed by atoms with van der Waals surface area (Å²) in [5.41, 5.74) is -0.214. The van der Waals surface area contributed by atoms with E-state index < -0.39 is 23.4 Å². The van der Waals surface area contributed by atoms with Crippen molar-refractivity contribution in [1.82, 2.24) is 10.2 Å². The van der Waals surface area contributed by atoms with Crippen molar-refractivity contribution in [3.8, 4) is 0 Å². The van der Waals surface area contributed by atoms with Crippen LogP contribution in [0.3, 0.4) is 0 Å². The summed E-state index contributed by atoms with van der Waals surface area (Å²) in [6, 6.07) is 3.46. The van der Waals surface area contributed by atoms with Crippen molar-refractivity contribution in [3.63, 3.8) is 0 Å². The first-order valence-corrected chi connectivity index (χ1v) is 10.0. The van der Waals surface area contributed by atoms with E-state index in [4.69, 9.17) is 0 Å². The summed E-state index contributed by atoms with van der Waals surface area (Å²) in [5, 5.41) is 4.78. The van der Waals surface area contributed by atoms with Crippen molar-refractivity contribution in [3.05, 3.63) is 29.8 Å². The van der Waals surface area contributed by atoms with E-state index in [1.165, 1.54) is 17.9 Å². The molecule has 2 aliphatic rings. The number of likely N-dealkylation sites (tertiary alicyclic amines) is 1. The van der Waals surface area contributed by atoms with E-state index in [0.29, 0.717) is 24.6 Å². The first-order valence-electron chi connectivity index (χ1n) is 8.89. The molecule has 0 aliphatic carbocycles. The second kappa shape index (κ2) is 8.81. The van der Waals surface area contributed by atoms with Crippen molar-refractivity contribution in [2.45, 2.75) is 25.3 Å². The van der Waals surface area contributed by atoms with Crippen LogP contribution < -0.4 is 10.6 Å². The lowest BCUT2D eigenvalue weighted by Gasteiger charge is -2.35. The molecule has 2 N–H and O–H groups in total. The number of carbonyl (C=O) groups is 2. The fourth-order valence-corrected chi connectivity index (χ4v) is 4.67. The highest BCUT2D eigenvalue weighted by molar-refractivity contribution is 7.99. The zero-order valence-electron chi connectivity index (χ0n) is 14.5. The molecule has 2 aliphatic heterocycles. The number of carbonyl (C=O) groups excluding carboxylic acids is 2. The third-order valence-corrected chi connectivity index (χ3v) is 6.15. The summed E-state index contributed by atoms with van der Waals surface area (Å²) in [6.07, 6.45) is 3.25. The Morgan fingerprint density at radius 2 is 1.92 bits per heavy atom. The van der Waals surface area contributed by atoms with Crippen molar-refractivity contribution < 1.29 is 18.4 Å². The molecule has 1 aromatic carbocycles. The lowest BCUT2D eigenvalue weighted by Crippen LogP contribution is -2.45.